The Morgan fingerprint density at radius 2 is 2.13 bits per heavy atom. The Bertz CT molecular complexity index is 677. The summed E-state index contributed by atoms with van der Waals surface area (Å²) in [5.41, 5.74) is 3.81. The SMILES string of the molecule is Cc1ccc(CN2CCc3ncnc([C@@H]4CCOC4)c3CC2)o1. The number of rotatable bonds is 3. The van der Waals surface area contributed by atoms with Crippen LogP contribution >= 0.6 is 0 Å². The van der Waals surface area contributed by atoms with Crippen molar-refractivity contribution >= 4 is 0 Å². The van der Waals surface area contributed by atoms with Gasteiger partial charge >= 0.3 is 0 Å². The van der Waals surface area contributed by atoms with Gasteiger partial charge in [-0.1, -0.05) is 0 Å². The fraction of sp³-hybridized carbons (Fsp3) is 0.556. The summed E-state index contributed by atoms with van der Waals surface area (Å²) in [6.45, 7) is 6.57. The molecular weight excluding hydrogens is 290 g/mol. The van der Waals surface area contributed by atoms with Crippen LogP contribution in [-0.2, 0) is 24.1 Å². The molecule has 0 bridgehead atoms. The van der Waals surface area contributed by atoms with Gasteiger partial charge in [0.1, 0.15) is 17.8 Å². The number of aryl methyl sites for hydroxylation is 1. The lowest BCUT2D eigenvalue weighted by molar-refractivity contribution is 0.193. The fourth-order valence-electron chi connectivity index (χ4n) is 3.65. The first-order valence-corrected chi connectivity index (χ1v) is 8.47. The molecule has 0 unspecified atom stereocenters. The predicted molar refractivity (Wildman–Crippen MR) is 86.3 cm³/mol. The molecule has 1 fully saturated rings. The summed E-state index contributed by atoms with van der Waals surface area (Å²) in [6, 6.07) is 4.11. The molecule has 0 N–H and O–H groups in total. The predicted octanol–water partition coefficient (Wildman–Crippen LogP) is 2.48. The molecule has 1 saturated heterocycles. The first-order valence-electron chi connectivity index (χ1n) is 8.47. The third kappa shape index (κ3) is 3.16. The van der Waals surface area contributed by atoms with Crippen molar-refractivity contribution in [2.45, 2.75) is 38.6 Å². The highest BCUT2D eigenvalue weighted by Gasteiger charge is 2.26. The van der Waals surface area contributed by atoms with Crippen molar-refractivity contribution in [1.29, 1.82) is 0 Å². The molecule has 0 radical (unpaired) electrons. The molecule has 0 aliphatic carbocycles. The molecule has 122 valence electrons. The molecule has 23 heavy (non-hydrogen) atoms. The maximum absolute atomic E-state index is 5.72. The molecule has 0 spiro atoms. The van der Waals surface area contributed by atoms with Gasteiger partial charge in [-0.2, -0.15) is 0 Å². The van der Waals surface area contributed by atoms with Crippen LogP contribution < -0.4 is 0 Å². The molecule has 5 heteroatoms. The minimum Gasteiger partial charge on any atom is -0.465 e. The van der Waals surface area contributed by atoms with E-state index in [1.807, 2.05) is 13.0 Å². The van der Waals surface area contributed by atoms with E-state index in [0.717, 1.165) is 63.6 Å². The van der Waals surface area contributed by atoms with Gasteiger partial charge in [-0.25, -0.2) is 9.97 Å². The van der Waals surface area contributed by atoms with Gasteiger partial charge in [0, 0.05) is 37.7 Å². The van der Waals surface area contributed by atoms with Crippen LogP contribution in [0.3, 0.4) is 0 Å². The van der Waals surface area contributed by atoms with E-state index >= 15 is 0 Å². The van der Waals surface area contributed by atoms with Gasteiger partial charge in [0.2, 0.25) is 0 Å². The number of furan rings is 1. The summed E-state index contributed by atoms with van der Waals surface area (Å²) in [5, 5.41) is 0. The molecule has 0 saturated carbocycles. The van der Waals surface area contributed by atoms with Gasteiger partial charge in [0.25, 0.3) is 0 Å². The minimum absolute atomic E-state index is 0.450. The number of hydrogen-bond donors (Lipinski definition) is 0. The van der Waals surface area contributed by atoms with Crippen LogP contribution in [0.5, 0.6) is 0 Å². The lowest BCUT2D eigenvalue weighted by Crippen LogP contribution is -2.25. The Balaban J connectivity index is 1.50. The van der Waals surface area contributed by atoms with Gasteiger partial charge in [-0.05, 0) is 37.5 Å². The summed E-state index contributed by atoms with van der Waals surface area (Å²) in [6.07, 6.45) is 4.82. The monoisotopic (exact) mass is 313 g/mol. The van der Waals surface area contributed by atoms with Gasteiger partial charge in [-0.15, -0.1) is 0 Å². The van der Waals surface area contributed by atoms with Crippen molar-refractivity contribution in [3.05, 3.63) is 46.9 Å². The third-order valence-corrected chi connectivity index (χ3v) is 4.90. The summed E-state index contributed by atoms with van der Waals surface area (Å²) >= 11 is 0. The molecule has 2 aliphatic rings. The highest BCUT2D eigenvalue weighted by molar-refractivity contribution is 5.30. The van der Waals surface area contributed by atoms with E-state index in [2.05, 4.69) is 20.9 Å². The fourth-order valence-corrected chi connectivity index (χ4v) is 3.65. The second-order valence-corrected chi connectivity index (χ2v) is 6.53. The summed E-state index contributed by atoms with van der Waals surface area (Å²) in [4.78, 5) is 11.6. The van der Waals surface area contributed by atoms with Crippen molar-refractivity contribution < 1.29 is 9.15 Å². The molecule has 2 aromatic rings. The summed E-state index contributed by atoms with van der Waals surface area (Å²) in [5.74, 6) is 2.47. The van der Waals surface area contributed by atoms with Crippen molar-refractivity contribution in [2.24, 2.45) is 0 Å². The lowest BCUT2D eigenvalue weighted by Gasteiger charge is -2.18. The van der Waals surface area contributed by atoms with Crippen LogP contribution in [-0.4, -0.2) is 41.2 Å². The van der Waals surface area contributed by atoms with Crippen molar-refractivity contribution in [3.63, 3.8) is 0 Å². The first kappa shape index (κ1) is 14.8. The number of nitrogens with zero attached hydrogens (tertiary/aromatic N) is 3. The number of hydrogen-bond acceptors (Lipinski definition) is 5. The van der Waals surface area contributed by atoms with Gasteiger partial charge in [-0.3, -0.25) is 4.90 Å². The van der Waals surface area contributed by atoms with E-state index in [9.17, 15) is 0 Å². The third-order valence-electron chi connectivity index (χ3n) is 4.90. The summed E-state index contributed by atoms with van der Waals surface area (Å²) in [7, 11) is 0. The Labute approximate surface area is 136 Å². The smallest absolute Gasteiger partial charge is 0.118 e. The van der Waals surface area contributed by atoms with Crippen LogP contribution in [0.15, 0.2) is 22.9 Å². The molecule has 2 aromatic heterocycles. The zero-order chi connectivity index (χ0) is 15.6. The van der Waals surface area contributed by atoms with Crippen molar-refractivity contribution in [3.8, 4) is 0 Å². The van der Waals surface area contributed by atoms with Crippen molar-refractivity contribution in [1.82, 2.24) is 14.9 Å². The van der Waals surface area contributed by atoms with Crippen LogP contribution in [0.4, 0.5) is 0 Å². The molecule has 0 aromatic carbocycles. The van der Waals surface area contributed by atoms with E-state index in [0.29, 0.717) is 5.92 Å². The highest BCUT2D eigenvalue weighted by Crippen LogP contribution is 2.29. The zero-order valence-corrected chi connectivity index (χ0v) is 13.6. The maximum Gasteiger partial charge on any atom is 0.118 e. The van der Waals surface area contributed by atoms with E-state index in [1.54, 1.807) is 6.33 Å². The highest BCUT2D eigenvalue weighted by atomic mass is 16.5. The Morgan fingerprint density at radius 1 is 1.22 bits per heavy atom. The molecule has 5 nitrogen and oxygen atoms in total. The molecule has 1 atom stereocenters. The molecule has 4 rings (SSSR count). The molecular formula is C18H23N3O2. The van der Waals surface area contributed by atoms with E-state index in [4.69, 9.17) is 9.15 Å². The largest absolute Gasteiger partial charge is 0.465 e. The first-order chi connectivity index (χ1) is 11.3. The number of ether oxygens (including phenoxy) is 1. The average Bonchev–Trinajstić information content (AvgIpc) is 3.17. The Kier molecular flexibility index (Phi) is 4.14. The lowest BCUT2D eigenvalue weighted by atomic mass is 9.96. The molecule has 0 amide bonds. The van der Waals surface area contributed by atoms with Crippen LogP contribution in [0, 0.1) is 6.92 Å². The molecule has 4 heterocycles. The Morgan fingerprint density at radius 3 is 2.91 bits per heavy atom. The maximum atomic E-state index is 5.72. The topological polar surface area (TPSA) is 51.4 Å². The van der Waals surface area contributed by atoms with E-state index in [1.165, 1.54) is 17.0 Å². The number of fused-ring (bicyclic) bond motifs is 1. The average molecular weight is 313 g/mol. The normalized spacial score (nSPS) is 22.0. The second kappa shape index (κ2) is 6.42. The minimum atomic E-state index is 0.450. The number of aromatic nitrogens is 2. The standard InChI is InChI=1S/C18H23N3O2/c1-13-2-3-15(23-13)10-21-7-4-16-17(5-8-21)19-12-20-18(16)14-6-9-22-11-14/h2-3,12,14H,4-11H2,1H3/t14-/m1/s1. The van der Waals surface area contributed by atoms with Crippen LogP contribution in [0.2, 0.25) is 0 Å². The van der Waals surface area contributed by atoms with Gasteiger partial charge in [0.05, 0.1) is 18.8 Å². The molecule has 2 aliphatic heterocycles. The Hall–Kier alpha value is -1.72. The zero-order valence-electron chi connectivity index (χ0n) is 13.6. The van der Waals surface area contributed by atoms with Crippen LogP contribution in [0.25, 0.3) is 0 Å². The van der Waals surface area contributed by atoms with Gasteiger partial charge < -0.3 is 9.15 Å². The van der Waals surface area contributed by atoms with Crippen LogP contribution in [0.1, 0.15) is 40.8 Å². The van der Waals surface area contributed by atoms with E-state index in [-0.39, 0.29) is 0 Å². The van der Waals surface area contributed by atoms with E-state index < -0.39 is 0 Å². The summed E-state index contributed by atoms with van der Waals surface area (Å²) < 4.78 is 11.3. The second-order valence-electron chi connectivity index (χ2n) is 6.53. The van der Waals surface area contributed by atoms with Gasteiger partial charge in [0.15, 0.2) is 0 Å². The van der Waals surface area contributed by atoms with Crippen molar-refractivity contribution in [2.75, 3.05) is 26.3 Å². The quantitative estimate of drug-likeness (QED) is 0.871.